The van der Waals surface area contributed by atoms with E-state index >= 15 is 0 Å². The van der Waals surface area contributed by atoms with Crippen molar-refractivity contribution in [1.82, 2.24) is 9.55 Å². The first-order valence-electron chi connectivity index (χ1n) is 7.54. The van der Waals surface area contributed by atoms with Crippen LogP contribution in [-0.4, -0.2) is 15.6 Å². The molecule has 2 aliphatic rings. The predicted octanol–water partition coefficient (Wildman–Crippen LogP) is 3.91. The summed E-state index contributed by atoms with van der Waals surface area (Å²) >= 11 is 0. The summed E-state index contributed by atoms with van der Waals surface area (Å²) < 4.78 is 2.41. The van der Waals surface area contributed by atoms with Gasteiger partial charge >= 0.3 is 0 Å². The number of aryl methyl sites for hydroxylation is 1. The van der Waals surface area contributed by atoms with Crippen LogP contribution in [0.2, 0.25) is 0 Å². The second kappa shape index (κ2) is 4.94. The number of hydrogen-bond donors (Lipinski definition) is 1. The van der Waals surface area contributed by atoms with E-state index in [1.165, 1.54) is 44.9 Å². The summed E-state index contributed by atoms with van der Waals surface area (Å²) in [6.45, 7) is 4.47. The Bertz CT molecular complexity index is 404. The van der Waals surface area contributed by atoms with E-state index in [-0.39, 0.29) is 0 Å². The third-order valence-corrected chi connectivity index (χ3v) is 4.60. The molecule has 1 aromatic heterocycles. The number of hydrogen-bond acceptors (Lipinski definition) is 2. The number of rotatable bonds is 3. The fourth-order valence-corrected chi connectivity index (χ4v) is 3.58. The highest BCUT2D eigenvalue weighted by Gasteiger charge is 2.26. The fraction of sp³-hybridized carbons (Fsp3) is 0.800. The van der Waals surface area contributed by atoms with E-state index in [1.54, 1.807) is 0 Å². The standard InChI is InChI=1S/C15H25N3/c1-11-7-8-14(9-11)18-10-12(2)16-15(18)17-13-5-3-4-6-13/h10-11,13-14H,3-9H2,1-2H3,(H,16,17). The Morgan fingerprint density at radius 1 is 1.22 bits per heavy atom. The molecule has 2 unspecified atom stereocenters. The van der Waals surface area contributed by atoms with E-state index < -0.39 is 0 Å². The largest absolute Gasteiger partial charge is 0.353 e. The maximum atomic E-state index is 4.70. The first kappa shape index (κ1) is 12.1. The van der Waals surface area contributed by atoms with Crippen molar-refractivity contribution >= 4 is 5.95 Å². The Labute approximate surface area is 110 Å². The summed E-state index contributed by atoms with van der Waals surface area (Å²) in [6, 6.07) is 1.33. The SMILES string of the molecule is Cc1cn(C2CCC(C)C2)c(NC2CCCC2)n1. The zero-order valence-corrected chi connectivity index (χ0v) is 11.7. The highest BCUT2D eigenvalue weighted by molar-refractivity contribution is 5.31. The van der Waals surface area contributed by atoms with Crippen LogP contribution in [0.4, 0.5) is 5.95 Å². The first-order chi connectivity index (χ1) is 8.72. The van der Waals surface area contributed by atoms with Crippen molar-refractivity contribution in [3.63, 3.8) is 0 Å². The molecule has 0 amide bonds. The monoisotopic (exact) mass is 247 g/mol. The predicted molar refractivity (Wildman–Crippen MR) is 74.9 cm³/mol. The van der Waals surface area contributed by atoms with Gasteiger partial charge < -0.3 is 9.88 Å². The zero-order chi connectivity index (χ0) is 12.5. The average Bonchev–Trinajstić information content (AvgIpc) is 3.01. The molecule has 3 heteroatoms. The van der Waals surface area contributed by atoms with Crippen LogP contribution < -0.4 is 5.32 Å². The number of imidazole rings is 1. The fourth-order valence-electron chi connectivity index (χ4n) is 3.58. The number of aromatic nitrogens is 2. The maximum Gasteiger partial charge on any atom is 0.203 e. The van der Waals surface area contributed by atoms with Crippen molar-refractivity contribution < 1.29 is 0 Å². The van der Waals surface area contributed by atoms with Crippen LogP contribution in [-0.2, 0) is 0 Å². The summed E-state index contributed by atoms with van der Waals surface area (Å²) in [6.07, 6.45) is 11.6. The van der Waals surface area contributed by atoms with Crippen LogP contribution in [0.3, 0.4) is 0 Å². The number of nitrogens with one attached hydrogen (secondary N) is 1. The van der Waals surface area contributed by atoms with Crippen LogP contribution in [0, 0.1) is 12.8 Å². The molecule has 3 rings (SSSR count). The molecule has 0 saturated heterocycles. The van der Waals surface area contributed by atoms with Gasteiger partial charge in [0.15, 0.2) is 0 Å². The first-order valence-corrected chi connectivity index (χ1v) is 7.54. The molecule has 3 nitrogen and oxygen atoms in total. The smallest absolute Gasteiger partial charge is 0.203 e. The Morgan fingerprint density at radius 3 is 2.67 bits per heavy atom. The van der Waals surface area contributed by atoms with Gasteiger partial charge in [-0.15, -0.1) is 0 Å². The quantitative estimate of drug-likeness (QED) is 0.877. The van der Waals surface area contributed by atoms with Crippen molar-refractivity contribution in [2.24, 2.45) is 5.92 Å². The average molecular weight is 247 g/mol. The molecule has 0 radical (unpaired) electrons. The van der Waals surface area contributed by atoms with Crippen molar-refractivity contribution in [3.8, 4) is 0 Å². The van der Waals surface area contributed by atoms with Gasteiger partial charge in [-0.05, 0) is 44.9 Å². The molecule has 2 atom stereocenters. The van der Waals surface area contributed by atoms with Gasteiger partial charge in [-0.3, -0.25) is 0 Å². The molecule has 1 N–H and O–H groups in total. The second-order valence-electron chi connectivity index (χ2n) is 6.31. The molecule has 2 fully saturated rings. The normalized spacial score (nSPS) is 29.0. The van der Waals surface area contributed by atoms with Gasteiger partial charge in [0.25, 0.3) is 0 Å². The third kappa shape index (κ3) is 2.40. The lowest BCUT2D eigenvalue weighted by Gasteiger charge is -2.19. The maximum absolute atomic E-state index is 4.70. The number of anilines is 1. The van der Waals surface area contributed by atoms with E-state index in [9.17, 15) is 0 Å². The Hall–Kier alpha value is -0.990. The Morgan fingerprint density at radius 2 is 2.00 bits per heavy atom. The van der Waals surface area contributed by atoms with Gasteiger partial charge in [-0.25, -0.2) is 4.98 Å². The highest BCUT2D eigenvalue weighted by Crippen LogP contribution is 2.36. The lowest BCUT2D eigenvalue weighted by atomic mass is 10.1. The minimum absolute atomic E-state index is 0.657. The second-order valence-corrected chi connectivity index (χ2v) is 6.31. The Balaban J connectivity index is 1.76. The molecular weight excluding hydrogens is 222 g/mol. The lowest BCUT2D eigenvalue weighted by molar-refractivity contribution is 0.495. The van der Waals surface area contributed by atoms with Crippen molar-refractivity contribution in [2.45, 2.75) is 70.9 Å². The molecule has 0 bridgehead atoms. The minimum Gasteiger partial charge on any atom is -0.353 e. The van der Waals surface area contributed by atoms with Gasteiger partial charge in [0.05, 0.1) is 5.69 Å². The lowest BCUT2D eigenvalue weighted by Crippen LogP contribution is -2.19. The highest BCUT2D eigenvalue weighted by atomic mass is 15.2. The summed E-state index contributed by atoms with van der Waals surface area (Å²) in [5.74, 6) is 2.00. The molecule has 2 saturated carbocycles. The van der Waals surface area contributed by atoms with Crippen molar-refractivity contribution in [2.75, 3.05) is 5.32 Å². The summed E-state index contributed by atoms with van der Waals surface area (Å²) in [7, 11) is 0. The van der Waals surface area contributed by atoms with Crippen LogP contribution >= 0.6 is 0 Å². The molecular formula is C15H25N3. The topological polar surface area (TPSA) is 29.9 Å². The molecule has 0 aromatic carbocycles. The third-order valence-electron chi connectivity index (χ3n) is 4.60. The summed E-state index contributed by atoms with van der Waals surface area (Å²) in [4.78, 5) is 4.70. The Kier molecular flexibility index (Phi) is 3.31. The van der Waals surface area contributed by atoms with Crippen molar-refractivity contribution in [3.05, 3.63) is 11.9 Å². The van der Waals surface area contributed by atoms with E-state index in [1.807, 2.05) is 0 Å². The van der Waals surface area contributed by atoms with E-state index in [4.69, 9.17) is 4.98 Å². The van der Waals surface area contributed by atoms with Gasteiger partial charge in [-0.1, -0.05) is 19.8 Å². The summed E-state index contributed by atoms with van der Waals surface area (Å²) in [5, 5.41) is 3.67. The van der Waals surface area contributed by atoms with Crippen LogP contribution in [0.25, 0.3) is 0 Å². The molecule has 0 aliphatic heterocycles. The van der Waals surface area contributed by atoms with Crippen LogP contribution in [0.5, 0.6) is 0 Å². The molecule has 1 heterocycles. The molecule has 18 heavy (non-hydrogen) atoms. The molecule has 2 aliphatic carbocycles. The van der Waals surface area contributed by atoms with Gasteiger partial charge in [-0.2, -0.15) is 0 Å². The van der Waals surface area contributed by atoms with Gasteiger partial charge in [0, 0.05) is 18.3 Å². The van der Waals surface area contributed by atoms with E-state index in [0.717, 1.165) is 17.6 Å². The minimum atomic E-state index is 0.657. The number of nitrogens with zero attached hydrogens (tertiary/aromatic N) is 2. The zero-order valence-electron chi connectivity index (χ0n) is 11.7. The summed E-state index contributed by atoms with van der Waals surface area (Å²) in [5.41, 5.74) is 1.15. The van der Waals surface area contributed by atoms with Crippen LogP contribution in [0.1, 0.15) is 63.6 Å². The van der Waals surface area contributed by atoms with E-state index in [2.05, 4.69) is 29.9 Å². The van der Waals surface area contributed by atoms with Gasteiger partial charge in [0.1, 0.15) is 0 Å². The van der Waals surface area contributed by atoms with E-state index in [0.29, 0.717) is 12.1 Å². The molecule has 0 spiro atoms. The molecule has 100 valence electrons. The van der Waals surface area contributed by atoms with Crippen LogP contribution in [0.15, 0.2) is 6.20 Å². The molecule has 1 aromatic rings. The van der Waals surface area contributed by atoms with Crippen molar-refractivity contribution in [1.29, 1.82) is 0 Å². The van der Waals surface area contributed by atoms with Gasteiger partial charge in [0.2, 0.25) is 5.95 Å².